The van der Waals surface area contributed by atoms with E-state index < -0.39 is 0 Å². The van der Waals surface area contributed by atoms with E-state index in [4.69, 9.17) is 4.74 Å². The van der Waals surface area contributed by atoms with Crippen molar-refractivity contribution in [2.24, 2.45) is 0 Å². The molecule has 106 valence electrons. The van der Waals surface area contributed by atoms with Gasteiger partial charge in [0.1, 0.15) is 0 Å². The quantitative estimate of drug-likeness (QED) is 0.870. The summed E-state index contributed by atoms with van der Waals surface area (Å²) < 4.78 is 6.58. The van der Waals surface area contributed by atoms with Gasteiger partial charge < -0.3 is 15.0 Å². The Morgan fingerprint density at radius 1 is 1.42 bits per heavy atom. The topological polar surface area (TPSA) is 24.5 Å². The molecule has 3 nitrogen and oxygen atoms in total. The predicted molar refractivity (Wildman–Crippen MR) is 82.4 cm³/mol. The van der Waals surface area contributed by atoms with E-state index in [0.717, 1.165) is 30.7 Å². The molecule has 0 aromatic heterocycles. The molecule has 1 saturated heterocycles. The van der Waals surface area contributed by atoms with Gasteiger partial charge in [0.2, 0.25) is 0 Å². The molecule has 1 aromatic rings. The highest BCUT2D eigenvalue weighted by Crippen LogP contribution is 2.20. The first-order chi connectivity index (χ1) is 9.20. The maximum absolute atomic E-state index is 5.45. The Morgan fingerprint density at radius 3 is 2.74 bits per heavy atom. The highest BCUT2D eigenvalue weighted by atomic mass is 79.9. The molecule has 1 heterocycles. The highest BCUT2D eigenvalue weighted by molar-refractivity contribution is 9.10. The van der Waals surface area contributed by atoms with Crippen molar-refractivity contribution in [2.75, 3.05) is 33.9 Å². The van der Waals surface area contributed by atoms with Crippen LogP contribution in [0, 0.1) is 0 Å². The Labute approximate surface area is 124 Å². The van der Waals surface area contributed by atoms with Crippen molar-refractivity contribution in [2.45, 2.75) is 24.9 Å². The number of halogens is 1. The molecule has 19 heavy (non-hydrogen) atoms. The molecule has 0 saturated carbocycles. The summed E-state index contributed by atoms with van der Waals surface area (Å²) in [4.78, 5) is 2.43. The zero-order valence-electron chi connectivity index (χ0n) is 11.7. The van der Waals surface area contributed by atoms with Gasteiger partial charge in [0.05, 0.1) is 6.61 Å². The van der Waals surface area contributed by atoms with Gasteiger partial charge in [-0.25, -0.2) is 0 Å². The lowest BCUT2D eigenvalue weighted by Gasteiger charge is -2.25. The number of ether oxygens (including phenoxy) is 1. The van der Waals surface area contributed by atoms with Crippen LogP contribution in [0.25, 0.3) is 0 Å². The molecule has 0 radical (unpaired) electrons. The van der Waals surface area contributed by atoms with Crippen molar-refractivity contribution >= 4 is 15.9 Å². The molecule has 2 unspecified atom stereocenters. The van der Waals surface area contributed by atoms with E-state index >= 15 is 0 Å². The summed E-state index contributed by atoms with van der Waals surface area (Å²) in [5.41, 5.74) is 1.35. The number of nitrogens with one attached hydrogen (secondary N) is 1. The van der Waals surface area contributed by atoms with Crippen LogP contribution in [0.2, 0.25) is 0 Å². The van der Waals surface area contributed by atoms with Gasteiger partial charge in [0.25, 0.3) is 0 Å². The monoisotopic (exact) mass is 326 g/mol. The first-order valence-electron chi connectivity index (χ1n) is 6.91. The van der Waals surface area contributed by atoms with Crippen molar-refractivity contribution in [3.8, 4) is 0 Å². The molecule has 0 spiro atoms. The lowest BCUT2D eigenvalue weighted by molar-refractivity contribution is 0.157. The second-order valence-corrected chi connectivity index (χ2v) is 6.10. The Kier molecular flexibility index (Phi) is 5.82. The summed E-state index contributed by atoms with van der Waals surface area (Å²) in [6.07, 6.45) is 2.28. The summed E-state index contributed by atoms with van der Waals surface area (Å²) >= 11 is 3.48. The van der Waals surface area contributed by atoms with Crippen LogP contribution in [0.4, 0.5) is 0 Å². The van der Waals surface area contributed by atoms with E-state index in [9.17, 15) is 0 Å². The highest BCUT2D eigenvalue weighted by Gasteiger charge is 2.20. The minimum Gasteiger partial charge on any atom is -0.380 e. The Hall–Kier alpha value is -0.420. The van der Waals surface area contributed by atoms with Gasteiger partial charge in [0, 0.05) is 29.7 Å². The maximum atomic E-state index is 5.45. The summed E-state index contributed by atoms with van der Waals surface area (Å²) in [6, 6.07) is 9.59. The number of rotatable bonds is 6. The van der Waals surface area contributed by atoms with E-state index in [1.54, 1.807) is 0 Å². The molecule has 2 rings (SSSR count). The van der Waals surface area contributed by atoms with E-state index in [-0.39, 0.29) is 0 Å². The fraction of sp³-hybridized carbons (Fsp3) is 0.600. The summed E-state index contributed by atoms with van der Waals surface area (Å²) in [7, 11) is 4.24. The van der Waals surface area contributed by atoms with Gasteiger partial charge in [-0.1, -0.05) is 28.1 Å². The van der Waals surface area contributed by atoms with Crippen molar-refractivity contribution in [1.82, 2.24) is 10.2 Å². The van der Waals surface area contributed by atoms with Gasteiger partial charge in [-0.3, -0.25) is 0 Å². The van der Waals surface area contributed by atoms with Crippen molar-refractivity contribution in [3.05, 3.63) is 34.3 Å². The van der Waals surface area contributed by atoms with E-state index in [0.29, 0.717) is 12.1 Å². The van der Waals surface area contributed by atoms with E-state index in [1.807, 2.05) is 7.05 Å². The number of likely N-dealkylation sites (N-methyl/N-ethyl adjacent to an activating group) is 1. The molecular formula is C15H23BrN2O. The summed E-state index contributed by atoms with van der Waals surface area (Å²) in [5.74, 6) is 0. The van der Waals surface area contributed by atoms with Crippen LogP contribution < -0.4 is 5.32 Å². The van der Waals surface area contributed by atoms with Gasteiger partial charge in [0.15, 0.2) is 0 Å². The second-order valence-electron chi connectivity index (χ2n) is 5.18. The van der Waals surface area contributed by atoms with Crippen LogP contribution in [0.15, 0.2) is 28.7 Å². The Balaban J connectivity index is 1.86. The van der Waals surface area contributed by atoms with Crippen LogP contribution in [0.5, 0.6) is 0 Å². The zero-order chi connectivity index (χ0) is 13.7. The van der Waals surface area contributed by atoms with Crippen molar-refractivity contribution in [1.29, 1.82) is 0 Å². The first kappa shape index (κ1) is 15.0. The number of benzene rings is 1. The molecule has 4 heteroatoms. The van der Waals surface area contributed by atoms with E-state index in [1.165, 1.54) is 12.0 Å². The molecule has 1 aromatic carbocycles. The second kappa shape index (κ2) is 7.39. The molecule has 1 N–H and O–H groups in total. The Morgan fingerprint density at radius 2 is 2.16 bits per heavy atom. The number of nitrogens with zero attached hydrogens (tertiary/aromatic N) is 1. The largest absolute Gasteiger partial charge is 0.380 e. The molecule has 2 atom stereocenters. The van der Waals surface area contributed by atoms with Crippen LogP contribution in [0.3, 0.4) is 0 Å². The lowest BCUT2D eigenvalue weighted by Crippen LogP contribution is -2.34. The van der Waals surface area contributed by atoms with Crippen LogP contribution in [-0.2, 0) is 4.74 Å². The molecule has 0 aliphatic carbocycles. The standard InChI is InChI=1S/C15H23BrN2O/c1-17-15(12-3-5-13(16)6-4-12)7-9-18(2)14-8-10-19-11-14/h3-6,14-15,17H,7-11H2,1-2H3. The summed E-state index contributed by atoms with van der Waals surface area (Å²) in [5, 5.41) is 3.41. The zero-order valence-corrected chi connectivity index (χ0v) is 13.3. The third-order valence-electron chi connectivity index (χ3n) is 3.92. The number of hydrogen-bond acceptors (Lipinski definition) is 3. The molecular weight excluding hydrogens is 304 g/mol. The average Bonchev–Trinajstić information content (AvgIpc) is 2.95. The minimum absolute atomic E-state index is 0.415. The van der Waals surface area contributed by atoms with Crippen LogP contribution in [-0.4, -0.2) is 44.8 Å². The van der Waals surface area contributed by atoms with Crippen molar-refractivity contribution in [3.63, 3.8) is 0 Å². The minimum atomic E-state index is 0.415. The fourth-order valence-electron chi connectivity index (χ4n) is 2.56. The SMILES string of the molecule is CNC(CCN(C)C1CCOC1)c1ccc(Br)cc1. The fourth-order valence-corrected chi connectivity index (χ4v) is 2.82. The molecule has 1 aliphatic rings. The average molecular weight is 327 g/mol. The predicted octanol–water partition coefficient (Wildman–Crippen LogP) is 2.82. The van der Waals surface area contributed by atoms with E-state index in [2.05, 4.69) is 57.5 Å². The maximum Gasteiger partial charge on any atom is 0.0622 e. The molecule has 1 fully saturated rings. The van der Waals surface area contributed by atoms with Crippen LogP contribution >= 0.6 is 15.9 Å². The van der Waals surface area contributed by atoms with Gasteiger partial charge >= 0.3 is 0 Å². The normalized spacial score (nSPS) is 20.9. The van der Waals surface area contributed by atoms with Gasteiger partial charge in [-0.15, -0.1) is 0 Å². The first-order valence-corrected chi connectivity index (χ1v) is 7.70. The number of hydrogen-bond donors (Lipinski definition) is 1. The van der Waals surface area contributed by atoms with Gasteiger partial charge in [-0.05, 0) is 44.6 Å². The Bertz CT molecular complexity index is 376. The lowest BCUT2D eigenvalue weighted by atomic mass is 10.0. The van der Waals surface area contributed by atoms with Crippen LogP contribution in [0.1, 0.15) is 24.4 Å². The summed E-state index contributed by atoms with van der Waals surface area (Å²) in [6.45, 7) is 2.89. The molecule has 1 aliphatic heterocycles. The molecule has 0 bridgehead atoms. The third-order valence-corrected chi connectivity index (χ3v) is 4.45. The smallest absolute Gasteiger partial charge is 0.0622 e. The third kappa shape index (κ3) is 4.28. The molecule has 0 amide bonds. The van der Waals surface area contributed by atoms with Gasteiger partial charge in [-0.2, -0.15) is 0 Å². The van der Waals surface area contributed by atoms with Crippen molar-refractivity contribution < 1.29 is 4.74 Å².